The second-order valence-corrected chi connectivity index (χ2v) is 8.58. The van der Waals surface area contributed by atoms with E-state index in [1.54, 1.807) is 20.8 Å². The third-order valence-corrected chi connectivity index (χ3v) is 5.23. The van der Waals surface area contributed by atoms with Crippen LogP contribution in [-0.2, 0) is 14.8 Å². The van der Waals surface area contributed by atoms with Crippen LogP contribution in [0.3, 0.4) is 0 Å². The average molecular weight is 346 g/mol. The van der Waals surface area contributed by atoms with Crippen molar-refractivity contribution in [1.29, 1.82) is 0 Å². The average Bonchev–Trinajstić information content (AvgIpc) is 3.06. The summed E-state index contributed by atoms with van der Waals surface area (Å²) in [6, 6.07) is 1.27. The number of anilines is 1. The molecule has 0 bridgehead atoms. The van der Waals surface area contributed by atoms with E-state index in [0.717, 1.165) is 6.07 Å². The fraction of sp³-hybridized carbons (Fsp3) is 0.533. The SMILES string of the molecule is CC1CC1C(=O)Nc1cc(S(=O)(=O)NC(C)(C)C)c(F)cc1F. The molecular weight excluding hydrogens is 326 g/mol. The first-order valence-corrected chi connectivity index (χ1v) is 8.73. The lowest BCUT2D eigenvalue weighted by Gasteiger charge is -2.21. The number of nitrogens with one attached hydrogen (secondary N) is 2. The van der Waals surface area contributed by atoms with E-state index in [9.17, 15) is 22.0 Å². The molecule has 0 saturated heterocycles. The zero-order chi connectivity index (χ0) is 17.6. The second-order valence-electron chi connectivity index (χ2n) is 6.93. The molecule has 1 saturated carbocycles. The second kappa shape index (κ2) is 5.83. The molecule has 2 N–H and O–H groups in total. The van der Waals surface area contributed by atoms with Crippen LogP contribution in [0.25, 0.3) is 0 Å². The highest BCUT2D eigenvalue weighted by molar-refractivity contribution is 7.89. The molecule has 0 aliphatic heterocycles. The van der Waals surface area contributed by atoms with Gasteiger partial charge in [-0.1, -0.05) is 6.92 Å². The lowest BCUT2D eigenvalue weighted by Crippen LogP contribution is -2.40. The highest BCUT2D eigenvalue weighted by Crippen LogP contribution is 2.38. The number of halogens is 2. The topological polar surface area (TPSA) is 75.3 Å². The summed E-state index contributed by atoms with van der Waals surface area (Å²) in [6.07, 6.45) is 0.700. The number of carbonyl (C=O) groups is 1. The van der Waals surface area contributed by atoms with Gasteiger partial charge in [-0.25, -0.2) is 21.9 Å². The zero-order valence-corrected chi connectivity index (χ0v) is 14.2. The van der Waals surface area contributed by atoms with Crippen LogP contribution in [-0.4, -0.2) is 19.9 Å². The summed E-state index contributed by atoms with van der Waals surface area (Å²) in [6.45, 7) is 6.68. The predicted octanol–water partition coefficient (Wildman–Crippen LogP) is 2.64. The molecule has 5 nitrogen and oxygen atoms in total. The summed E-state index contributed by atoms with van der Waals surface area (Å²) in [5.74, 6) is -2.62. The minimum absolute atomic E-state index is 0.212. The Morgan fingerprint density at radius 2 is 1.78 bits per heavy atom. The highest BCUT2D eigenvalue weighted by atomic mass is 32.2. The Bertz CT molecular complexity index is 742. The van der Waals surface area contributed by atoms with Gasteiger partial charge in [0.25, 0.3) is 0 Å². The van der Waals surface area contributed by atoms with Gasteiger partial charge in [0.2, 0.25) is 15.9 Å². The van der Waals surface area contributed by atoms with E-state index >= 15 is 0 Å². The third kappa shape index (κ3) is 4.26. The Hall–Kier alpha value is -1.54. The Morgan fingerprint density at radius 1 is 1.22 bits per heavy atom. The maximum atomic E-state index is 13.9. The minimum Gasteiger partial charge on any atom is -0.323 e. The molecule has 1 aromatic carbocycles. The lowest BCUT2D eigenvalue weighted by atomic mass is 10.1. The first kappa shape index (κ1) is 17.8. The molecule has 8 heteroatoms. The summed E-state index contributed by atoms with van der Waals surface area (Å²) in [5.41, 5.74) is -1.17. The van der Waals surface area contributed by atoms with Gasteiger partial charge in [0.1, 0.15) is 16.5 Å². The molecule has 0 spiro atoms. The maximum Gasteiger partial charge on any atom is 0.244 e. The van der Waals surface area contributed by atoms with E-state index in [4.69, 9.17) is 0 Å². The molecule has 23 heavy (non-hydrogen) atoms. The van der Waals surface area contributed by atoms with Crippen molar-refractivity contribution in [2.45, 2.75) is 44.6 Å². The Labute approximate surface area is 134 Å². The van der Waals surface area contributed by atoms with E-state index in [1.807, 2.05) is 6.92 Å². The molecule has 0 aromatic heterocycles. The number of amides is 1. The van der Waals surface area contributed by atoms with E-state index in [1.165, 1.54) is 0 Å². The van der Waals surface area contributed by atoms with E-state index in [2.05, 4.69) is 10.0 Å². The van der Waals surface area contributed by atoms with Gasteiger partial charge in [-0.15, -0.1) is 0 Å². The number of hydrogen-bond acceptors (Lipinski definition) is 3. The minimum atomic E-state index is -4.18. The lowest BCUT2D eigenvalue weighted by molar-refractivity contribution is -0.117. The van der Waals surface area contributed by atoms with E-state index in [-0.39, 0.29) is 17.5 Å². The molecule has 2 unspecified atom stereocenters. The maximum absolute atomic E-state index is 13.9. The summed E-state index contributed by atoms with van der Waals surface area (Å²) < 4.78 is 54.5. The number of hydrogen-bond donors (Lipinski definition) is 2. The molecule has 1 aromatic rings. The van der Waals surface area contributed by atoms with Crippen molar-refractivity contribution in [3.63, 3.8) is 0 Å². The van der Waals surface area contributed by atoms with Gasteiger partial charge in [0.05, 0.1) is 5.69 Å². The quantitative estimate of drug-likeness (QED) is 0.880. The Balaban J connectivity index is 2.34. The molecule has 1 fully saturated rings. The van der Waals surface area contributed by atoms with Crippen LogP contribution in [0.4, 0.5) is 14.5 Å². The van der Waals surface area contributed by atoms with Gasteiger partial charge >= 0.3 is 0 Å². The van der Waals surface area contributed by atoms with Crippen molar-refractivity contribution in [2.75, 3.05) is 5.32 Å². The normalized spacial score (nSPS) is 21.1. The van der Waals surface area contributed by atoms with Crippen molar-refractivity contribution in [3.8, 4) is 0 Å². The molecule has 0 radical (unpaired) electrons. The van der Waals surface area contributed by atoms with Crippen LogP contribution in [0.5, 0.6) is 0 Å². The Morgan fingerprint density at radius 3 is 2.26 bits per heavy atom. The molecule has 1 aliphatic rings. The molecule has 2 atom stereocenters. The van der Waals surface area contributed by atoms with Crippen molar-refractivity contribution in [2.24, 2.45) is 11.8 Å². The van der Waals surface area contributed by atoms with E-state index in [0.29, 0.717) is 12.5 Å². The standard InChI is InChI=1S/C15H20F2N2O3S/c1-8-5-9(8)14(20)18-12-7-13(11(17)6-10(12)16)23(21,22)19-15(2,3)4/h6-9,19H,5H2,1-4H3,(H,18,20). The van der Waals surface area contributed by atoms with Crippen LogP contribution in [0.1, 0.15) is 34.1 Å². The van der Waals surface area contributed by atoms with Gasteiger partial charge in [0, 0.05) is 17.5 Å². The number of benzene rings is 1. The first-order valence-electron chi connectivity index (χ1n) is 7.24. The fourth-order valence-corrected chi connectivity index (χ4v) is 3.71. The van der Waals surface area contributed by atoms with Crippen LogP contribution in [0.15, 0.2) is 17.0 Å². The molecule has 2 rings (SSSR count). The van der Waals surface area contributed by atoms with Crippen molar-refractivity contribution in [3.05, 3.63) is 23.8 Å². The fourth-order valence-electron chi connectivity index (χ4n) is 2.20. The van der Waals surface area contributed by atoms with Gasteiger partial charge in [-0.05, 0) is 39.2 Å². The summed E-state index contributed by atoms with van der Waals surface area (Å²) in [4.78, 5) is 11.2. The molecular formula is C15H20F2N2O3S. The highest BCUT2D eigenvalue weighted by Gasteiger charge is 2.39. The molecule has 1 aliphatic carbocycles. The number of sulfonamides is 1. The van der Waals surface area contributed by atoms with Crippen LogP contribution >= 0.6 is 0 Å². The van der Waals surface area contributed by atoms with Gasteiger partial charge in [-0.3, -0.25) is 4.79 Å². The van der Waals surface area contributed by atoms with E-state index < -0.39 is 38.0 Å². The van der Waals surface area contributed by atoms with Gasteiger partial charge in [0.15, 0.2) is 0 Å². The van der Waals surface area contributed by atoms with Crippen molar-refractivity contribution >= 4 is 21.6 Å². The molecule has 0 heterocycles. The summed E-state index contributed by atoms with van der Waals surface area (Å²) in [7, 11) is -4.18. The molecule has 1 amide bonds. The van der Waals surface area contributed by atoms with Crippen molar-refractivity contribution < 1.29 is 22.0 Å². The number of carbonyl (C=O) groups excluding carboxylic acids is 1. The third-order valence-electron chi connectivity index (χ3n) is 3.46. The van der Waals surface area contributed by atoms with Gasteiger partial charge < -0.3 is 5.32 Å². The smallest absolute Gasteiger partial charge is 0.244 e. The van der Waals surface area contributed by atoms with Crippen LogP contribution in [0.2, 0.25) is 0 Å². The largest absolute Gasteiger partial charge is 0.323 e. The zero-order valence-electron chi connectivity index (χ0n) is 13.4. The van der Waals surface area contributed by atoms with Crippen molar-refractivity contribution in [1.82, 2.24) is 4.72 Å². The monoisotopic (exact) mass is 346 g/mol. The van der Waals surface area contributed by atoms with Crippen LogP contribution in [0, 0.1) is 23.5 Å². The summed E-state index contributed by atoms with van der Waals surface area (Å²) in [5, 5.41) is 2.33. The molecule has 128 valence electrons. The summed E-state index contributed by atoms with van der Waals surface area (Å²) >= 11 is 0. The van der Waals surface area contributed by atoms with Crippen LogP contribution < -0.4 is 10.0 Å². The number of rotatable bonds is 4. The predicted molar refractivity (Wildman–Crippen MR) is 82.3 cm³/mol. The first-order chi connectivity index (χ1) is 10.4. The Kier molecular flexibility index (Phi) is 4.51. The van der Waals surface area contributed by atoms with Gasteiger partial charge in [-0.2, -0.15) is 0 Å².